The molecular formula is C13H17BrClNO2S. The van der Waals surface area contributed by atoms with Gasteiger partial charge in [0, 0.05) is 10.5 Å². The normalized spacial score (nSPS) is 22.6. The quantitative estimate of drug-likeness (QED) is 0.880. The first-order valence-corrected chi connectivity index (χ1v) is 8.82. The Morgan fingerprint density at radius 1 is 1.42 bits per heavy atom. The Kier molecular flexibility index (Phi) is 4.31. The van der Waals surface area contributed by atoms with Gasteiger partial charge in [-0.2, -0.15) is 0 Å². The van der Waals surface area contributed by atoms with Gasteiger partial charge in [-0.05, 0) is 42.9 Å². The standard InChI is InChI=1S/C13H17BrClNO2S/c1-13(2)6-5-10(8-13)16-19(17,18)12-4-3-9(14)7-11(12)15/h3-4,7,10,16H,5-6,8H2,1-2H3. The molecular weight excluding hydrogens is 350 g/mol. The molecule has 19 heavy (non-hydrogen) atoms. The largest absolute Gasteiger partial charge is 0.242 e. The van der Waals surface area contributed by atoms with Crippen LogP contribution in [0.2, 0.25) is 5.02 Å². The summed E-state index contributed by atoms with van der Waals surface area (Å²) in [6.07, 6.45) is 2.77. The Morgan fingerprint density at radius 3 is 2.63 bits per heavy atom. The van der Waals surface area contributed by atoms with E-state index in [2.05, 4.69) is 34.5 Å². The maximum absolute atomic E-state index is 12.3. The minimum Gasteiger partial charge on any atom is -0.208 e. The first-order valence-electron chi connectivity index (χ1n) is 6.17. The molecule has 0 bridgehead atoms. The third kappa shape index (κ3) is 3.72. The summed E-state index contributed by atoms with van der Waals surface area (Å²) in [7, 11) is -3.54. The minimum absolute atomic E-state index is 0.000265. The highest BCUT2D eigenvalue weighted by molar-refractivity contribution is 9.10. The molecule has 0 aliphatic heterocycles. The second kappa shape index (κ2) is 5.35. The van der Waals surface area contributed by atoms with E-state index >= 15 is 0 Å². The van der Waals surface area contributed by atoms with Crippen LogP contribution in [0.1, 0.15) is 33.1 Å². The predicted molar refractivity (Wildman–Crippen MR) is 80.9 cm³/mol. The molecule has 2 rings (SSSR count). The summed E-state index contributed by atoms with van der Waals surface area (Å²) in [6, 6.07) is 4.79. The number of benzene rings is 1. The summed E-state index contributed by atoms with van der Waals surface area (Å²) in [5.74, 6) is 0. The van der Waals surface area contributed by atoms with Gasteiger partial charge in [-0.15, -0.1) is 0 Å². The van der Waals surface area contributed by atoms with Crippen LogP contribution in [0.25, 0.3) is 0 Å². The van der Waals surface area contributed by atoms with E-state index in [4.69, 9.17) is 11.6 Å². The van der Waals surface area contributed by atoms with Gasteiger partial charge in [0.1, 0.15) is 4.90 Å². The fraction of sp³-hybridized carbons (Fsp3) is 0.538. The van der Waals surface area contributed by atoms with Crippen LogP contribution in [0.15, 0.2) is 27.6 Å². The van der Waals surface area contributed by atoms with E-state index in [1.54, 1.807) is 12.1 Å². The molecule has 6 heteroatoms. The third-order valence-electron chi connectivity index (χ3n) is 3.47. The first-order chi connectivity index (χ1) is 8.70. The average Bonchev–Trinajstić information content (AvgIpc) is 2.56. The van der Waals surface area contributed by atoms with E-state index in [0.717, 1.165) is 23.7 Å². The zero-order valence-corrected chi connectivity index (χ0v) is 14.1. The van der Waals surface area contributed by atoms with Gasteiger partial charge in [0.05, 0.1) is 5.02 Å². The van der Waals surface area contributed by atoms with E-state index in [0.29, 0.717) is 0 Å². The van der Waals surface area contributed by atoms with Crippen molar-refractivity contribution in [3.05, 3.63) is 27.7 Å². The highest BCUT2D eigenvalue weighted by Gasteiger charge is 2.33. The lowest BCUT2D eigenvalue weighted by Gasteiger charge is -2.18. The number of sulfonamides is 1. The van der Waals surface area contributed by atoms with Crippen molar-refractivity contribution in [3.63, 3.8) is 0 Å². The number of hydrogen-bond donors (Lipinski definition) is 1. The van der Waals surface area contributed by atoms with Crippen LogP contribution in [0.3, 0.4) is 0 Å². The monoisotopic (exact) mass is 365 g/mol. The lowest BCUT2D eigenvalue weighted by Crippen LogP contribution is -2.33. The SMILES string of the molecule is CC1(C)CCC(NS(=O)(=O)c2ccc(Br)cc2Cl)C1. The van der Waals surface area contributed by atoms with E-state index in [1.807, 2.05) is 0 Å². The topological polar surface area (TPSA) is 46.2 Å². The summed E-state index contributed by atoms with van der Waals surface area (Å²) >= 11 is 9.27. The summed E-state index contributed by atoms with van der Waals surface area (Å²) in [4.78, 5) is 0.141. The number of halogens is 2. The predicted octanol–water partition coefficient (Wildman–Crippen LogP) is 3.96. The molecule has 0 spiro atoms. The highest BCUT2D eigenvalue weighted by Crippen LogP contribution is 2.37. The molecule has 1 aliphatic rings. The van der Waals surface area contributed by atoms with Crippen LogP contribution in [0.5, 0.6) is 0 Å². The Hall–Kier alpha value is -0.100. The Morgan fingerprint density at radius 2 is 2.11 bits per heavy atom. The lowest BCUT2D eigenvalue weighted by atomic mass is 9.92. The lowest BCUT2D eigenvalue weighted by molar-refractivity contribution is 0.372. The first kappa shape index (κ1) is 15.3. The highest BCUT2D eigenvalue weighted by atomic mass is 79.9. The maximum Gasteiger partial charge on any atom is 0.242 e. The van der Waals surface area contributed by atoms with Gasteiger partial charge in [-0.1, -0.05) is 41.4 Å². The van der Waals surface area contributed by atoms with Crippen molar-refractivity contribution in [1.29, 1.82) is 0 Å². The van der Waals surface area contributed by atoms with Crippen molar-refractivity contribution in [3.8, 4) is 0 Å². The number of hydrogen-bond acceptors (Lipinski definition) is 2. The molecule has 1 fully saturated rings. The molecule has 1 aromatic carbocycles. The zero-order valence-electron chi connectivity index (χ0n) is 10.9. The second-order valence-electron chi connectivity index (χ2n) is 5.80. The van der Waals surface area contributed by atoms with Crippen molar-refractivity contribution < 1.29 is 8.42 Å². The van der Waals surface area contributed by atoms with Gasteiger partial charge in [0.15, 0.2) is 0 Å². The molecule has 0 heterocycles. The number of rotatable bonds is 3. The van der Waals surface area contributed by atoms with Crippen LogP contribution < -0.4 is 4.72 Å². The van der Waals surface area contributed by atoms with Crippen molar-refractivity contribution in [1.82, 2.24) is 4.72 Å². The molecule has 1 unspecified atom stereocenters. The molecule has 0 aromatic heterocycles. The second-order valence-corrected chi connectivity index (χ2v) is 8.81. The summed E-state index contributed by atoms with van der Waals surface area (Å²) in [5.41, 5.74) is 0.205. The molecule has 0 radical (unpaired) electrons. The smallest absolute Gasteiger partial charge is 0.208 e. The van der Waals surface area contributed by atoms with Gasteiger partial charge in [0.25, 0.3) is 0 Å². The minimum atomic E-state index is -3.54. The van der Waals surface area contributed by atoms with Crippen LogP contribution in [-0.2, 0) is 10.0 Å². The molecule has 106 valence electrons. The van der Waals surface area contributed by atoms with Gasteiger partial charge in [-0.3, -0.25) is 0 Å². The van der Waals surface area contributed by atoms with Gasteiger partial charge in [0.2, 0.25) is 10.0 Å². The van der Waals surface area contributed by atoms with E-state index < -0.39 is 10.0 Å². The van der Waals surface area contributed by atoms with E-state index in [9.17, 15) is 8.42 Å². The van der Waals surface area contributed by atoms with Crippen molar-refractivity contribution in [2.24, 2.45) is 5.41 Å². The van der Waals surface area contributed by atoms with Crippen LogP contribution in [-0.4, -0.2) is 14.5 Å². The summed E-state index contributed by atoms with van der Waals surface area (Å²) in [6.45, 7) is 4.32. The molecule has 1 saturated carbocycles. The molecule has 1 N–H and O–H groups in total. The van der Waals surface area contributed by atoms with Gasteiger partial charge < -0.3 is 0 Å². The van der Waals surface area contributed by atoms with Crippen molar-refractivity contribution >= 4 is 37.6 Å². The van der Waals surface area contributed by atoms with Crippen LogP contribution >= 0.6 is 27.5 Å². The fourth-order valence-corrected chi connectivity index (χ4v) is 4.82. The maximum atomic E-state index is 12.3. The van der Waals surface area contributed by atoms with Crippen molar-refractivity contribution in [2.75, 3.05) is 0 Å². The Labute approximate surface area is 127 Å². The van der Waals surface area contributed by atoms with Gasteiger partial charge >= 0.3 is 0 Å². The summed E-state index contributed by atoms with van der Waals surface area (Å²) in [5, 5.41) is 0.235. The molecule has 3 nitrogen and oxygen atoms in total. The summed E-state index contributed by atoms with van der Waals surface area (Å²) < 4.78 is 28.2. The molecule has 0 amide bonds. The Bertz CT molecular complexity index is 586. The van der Waals surface area contributed by atoms with Crippen LogP contribution in [0, 0.1) is 5.41 Å². The fourth-order valence-electron chi connectivity index (χ4n) is 2.51. The third-order valence-corrected chi connectivity index (χ3v) is 5.97. The van der Waals surface area contributed by atoms with Crippen molar-refractivity contribution in [2.45, 2.75) is 44.0 Å². The Balaban J connectivity index is 2.19. The van der Waals surface area contributed by atoms with E-state index in [-0.39, 0.29) is 21.4 Å². The van der Waals surface area contributed by atoms with E-state index in [1.165, 1.54) is 6.07 Å². The average molecular weight is 367 g/mol. The number of nitrogens with one attached hydrogen (secondary N) is 1. The molecule has 0 saturated heterocycles. The molecule has 1 aromatic rings. The molecule has 1 atom stereocenters. The van der Waals surface area contributed by atoms with Crippen LogP contribution in [0.4, 0.5) is 0 Å². The van der Waals surface area contributed by atoms with Gasteiger partial charge in [-0.25, -0.2) is 13.1 Å². The zero-order chi connectivity index (χ0) is 14.3. The molecule has 1 aliphatic carbocycles.